The molecule has 6 heteroatoms. The average molecular weight is 289 g/mol. The number of methoxy groups -OCH3 is 1. The standard InChI is InChI=1S/C13H14ClFO4/c1-18-13(17)11(16)9-4-8(15)5-10(14)12(9)19-6-7-2-3-7/h4-5,7,11,16H,2-3,6H2,1H3. The Hall–Kier alpha value is -1.33. The lowest BCUT2D eigenvalue weighted by molar-refractivity contribution is -0.150. The van der Waals surface area contributed by atoms with Crippen LogP contribution < -0.4 is 4.74 Å². The van der Waals surface area contributed by atoms with Crippen LogP contribution in [0.25, 0.3) is 0 Å². The van der Waals surface area contributed by atoms with Crippen molar-refractivity contribution in [1.29, 1.82) is 0 Å². The van der Waals surface area contributed by atoms with Gasteiger partial charge in [0.2, 0.25) is 0 Å². The van der Waals surface area contributed by atoms with Gasteiger partial charge < -0.3 is 14.6 Å². The molecule has 0 bridgehead atoms. The Morgan fingerprint density at radius 3 is 2.84 bits per heavy atom. The Balaban J connectivity index is 2.29. The van der Waals surface area contributed by atoms with Gasteiger partial charge in [-0.15, -0.1) is 0 Å². The largest absolute Gasteiger partial charge is 0.491 e. The second-order valence-corrected chi connectivity index (χ2v) is 4.89. The molecular weight excluding hydrogens is 275 g/mol. The lowest BCUT2D eigenvalue weighted by atomic mass is 10.1. The monoisotopic (exact) mass is 288 g/mol. The number of ether oxygens (including phenoxy) is 2. The molecule has 1 unspecified atom stereocenters. The van der Waals surface area contributed by atoms with Crippen molar-refractivity contribution in [3.63, 3.8) is 0 Å². The van der Waals surface area contributed by atoms with Gasteiger partial charge in [0, 0.05) is 5.56 Å². The Bertz CT molecular complexity index is 488. The third kappa shape index (κ3) is 3.36. The number of halogens is 2. The summed E-state index contributed by atoms with van der Waals surface area (Å²) in [6, 6.07) is 2.10. The van der Waals surface area contributed by atoms with Crippen LogP contribution in [-0.4, -0.2) is 24.8 Å². The third-order valence-corrected chi connectivity index (χ3v) is 3.20. The minimum atomic E-state index is -1.62. The van der Waals surface area contributed by atoms with Gasteiger partial charge in [-0.2, -0.15) is 0 Å². The van der Waals surface area contributed by atoms with E-state index >= 15 is 0 Å². The van der Waals surface area contributed by atoms with Crippen molar-refractivity contribution in [2.45, 2.75) is 18.9 Å². The highest BCUT2D eigenvalue weighted by Gasteiger charge is 2.27. The number of aliphatic hydroxyl groups is 1. The van der Waals surface area contributed by atoms with E-state index in [1.807, 2.05) is 0 Å². The van der Waals surface area contributed by atoms with Gasteiger partial charge in [0.25, 0.3) is 0 Å². The lowest BCUT2D eigenvalue weighted by Crippen LogP contribution is -2.15. The molecule has 1 N–H and O–H groups in total. The predicted octanol–water partition coefficient (Wildman–Crippen LogP) is 2.47. The number of hydrogen-bond acceptors (Lipinski definition) is 4. The summed E-state index contributed by atoms with van der Waals surface area (Å²) in [6.07, 6.45) is 0.536. The van der Waals surface area contributed by atoms with E-state index in [4.69, 9.17) is 16.3 Å². The molecule has 1 aliphatic rings. The number of aliphatic hydroxyl groups excluding tert-OH is 1. The fraction of sp³-hybridized carbons (Fsp3) is 0.462. The van der Waals surface area contributed by atoms with E-state index in [0.717, 1.165) is 32.1 Å². The Morgan fingerprint density at radius 1 is 1.58 bits per heavy atom. The second kappa shape index (κ2) is 5.75. The van der Waals surface area contributed by atoms with Crippen molar-refractivity contribution in [2.75, 3.05) is 13.7 Å². The van der Waals surface area contributed by atoms with Crippen molar-refractivity contribution in [2.24, 2.45) is 5.92 Å². The SMILES string of the molecule is COC(=O)C(O)c1cc(F)cc(Cl)c1OCC1CC1. The van der Waals surface area contributed by atoms with E-state index in [0.29, 0.717) is 12.5 Å². The molecule has 0 aromatic heterocycles. The van der Waals surface area contributed by atoms with Crippen LogP contribution in [0.5, 0.6) is 5.75 Å². The zero-order valence-corrected chi connectivity index (χ0v) is 11.1. The molecular formula is C13H14ClFO4. The van der Waals surface area contributed by atoms with Crippen LogP contribution in [0.15, 0.2) is 12.1 Å². The first kappa shape index (κ1) is 14.1. The van der Waals surface area contributed by atoms with E-state index < -0.39 is 17.9 Å². The number of hydrogen-bond donors (Lipinski definition) is 1. The minimum Gasteiger partial charge on any atom is -0.491 e. The first-order chi connectivity index (χ1) is 9.02. The summed E-state index contributed by atoms with van der Waals surface area (Å²) >= 11 is 5.90. The number of rotatable bonds is 5. The van der Waals surface area contributed by atoms with Crippen molar-refractivity contribution in [1.82, 2.24) is 0 Å². The van der Waals surface area contributed by atoms with E-state index in [9.17, 15) is 14.3 Å². The van der Waals surface area contributed by atoms with Crippen LogP contribution in [0, 0.1) is 11.7 Å². The van der Waals surface area contributed by atoms with Gasteiger partial charge in [0.1, 0.15) is 11.6 Å². The summed E-state index contributed by atoms with van der Waals surface area (Å²) in [7, 11) is 1.14. The zero-order valence-electron chi connectivity index (χ0n) is 10.4. The molecule has 4 nitrogen and oxygen atoms in total. The fourth-order valence-corrected chi connectivity index (χ4v) is 1.93. The summed E-state index contributed by atoms with van der Waals surface area (Å²) in [4.78, 5) is 11.3. The van der Waals surface area contributed by atoms with Crippen molar-refractivity contribution < 1.29 is 23.8 Å². The molecule has 0 saturated heterocycles. The number of carbonyl (C=O) groups excluding carboxylic acids is 1. The molecule has 0 amide bonds. The molecule has 19 heavy (non-hydrogen) atoms. The Morgan fingerprint density at radius 2 is 2.26 bits per heavy atom. The van der Waals surface area contributed by atoms with Gasteiger partial charge in [-0.1, -0.05) is 11.6 Å². The van der Waals surface area contributed by atoms with E-state index in [-0.39, 0.29) is 16.3 Å². The second-order valence-electron chi connectivity index (χ2n) is 4.49. The third-order valence-electron chi connectivity index (χ3n) is 2.92. The average Bonchev–Trinajstić information content (AvgIpc) is 3.19. The minimum absolute atomic E-state index is 0.0162. The van der Waals surface area contributed by atoms with Gasteiger partial charge in [0.15, 0.2) is 6.10 Å². The quantitative estimate of drug-likeness (QED) is 0.846. The molecule has 1 aromatic rings. The van der Waals surface area contributed by atoms with Crippen LogP contribution >= 0.6 is 11.6 Å². The molecule has 1 aromatic carbocycles. The lowest BCUT2D eigenvalue weighted by Gasteiger charge is -2.16. The molecule has 1 saturated carbocycles. The zero-order chi connectivity index (χ0) is 14.0. The van der Waals surface area contributed by atoms with E-state index in [1.165, 1.54) is 0 Å². The molecule has 1 fully saturated rings. The smallest absolute Gasteiger partial charge is 0.339 e. The maximum Gasteiger partial charge on any atom is 0.339 e. The van der Waals surface area contributed by atoms with Gasteiger partial charge in [-0.25, -0.2) is 9.18 Å². The summed E-state index contributed by atoms with van der Waals surface area (Å²) in [5.41, 5.74) is -0.0162. The summed E-state index contributed by atoms with van der Waals surface area (Å²) in [5.74, 6) is -0.947. The van der Waals surface area contributed by atoms with Crippen LogP contribution in [0.1, 0.15) is 24.5 Å². The highest BCUT2D eigenvalue weighted by molar-refractivity contribution is 6.32. The topological polar surface area (TPSA) is 55.8 Å². The molecule has 0 radical (unpaired) electrons. The van der Waals surface area contributed by atoms with Crippen LogP contribution in [0.4, 0.5) is 4.39 Å². The highest BCUT2D eigenvalue weighted by atomic mass is 35.5. The predicted molar refractivity (Wildman–Crippen MR) is 66.6 cm³/mol. The fourth-order valence-electron chi connectivity index (χ4n) is 1.66. The number of benzene rings is 1. The molecule has 0 spiro atoms. The highest BCUT2D eigenvalue weighted by Crippen LogP contribution is 2.37. The van der Waals surface area contributed by atoms with Gasteiger partial charge in [-0.3, -0.25) is 0 Å². The molecule has 104 valence electrons. The van der Waals surface area contributed by atoms with Gasteiger partial charge in [0.05, 0.1) is 18.7 Å². The van der Waals surface area contributed by atoms with Crippen molar-refractivity contribution in [3.8, 4) is 5.75 Å². The summed E-state index contributed by atoms with van der Waals surface area (Å²) in [5, 5.41) is 9.85. The van der Waals surface area contributed by atoms with Crippen molar-refractivity contribution in [3.05, 3.63) is 28.5 Å². The maximum atomic E-state index is 13.3. The summed E-state index contributed by atoms with van der Waals surface area (Å²) < 4.78 is 23.3. The normalized spacial score (nSPS) is 16.0. The molecule has 0 heterocycles. The maximum absolute atomic E-state index is 13.3. The Labute approximate surface area is 115 Å². The first-order valence-electron chi connectivity index (χ1n) is 5.90. The Kier molecular flexibility index (Phi) is 4.27. The van der Waals surface area contributed by atoms with Gasteiger partial charge >= 0.3 is 5.97 Å². The van der Waals surface area contributed by atoms with Crippen LogP contribution in [0.3, 0.4) is 0 Å². The summed E-state index contributed by atoms with van der Waals surface area (Å²) in [6.45, 7) is 0.437. The first-order valence-corrected chi connectivity index (χ1v) is 6.28. The number of carbonyl (C=O) groups is 1. The molecule has 0 aliphatic heterocycles. The van der Waals surface area contributed by atoms with E-state index in [2.05, 4.69) is 4.74 Å². The molecule has 1 atom stereocenters. The number of esters is 1. The molecule has 2 rings (SSSR count). The molecule has 1 aliphatic carbocycles. The van der Waals surface area contributed by atoms with Crippen molar-refractivity contribution >= 4 is 17.6 Å². The van der Waals surface area contributed by atoms with Gasteiger partial charge in [-0.05, 0) is 30.9 Å². The van der Waals surface area contributed by atoms with E-state index in [1.54, 1.807) is 0 Å². The van der Waals surface area contributed by atoms with Crippen LogP contribution in [-0.2, 0) is 9.53 Å². The van der Waals surface area contributed by atoms with Crippen LogP contribution in [0.2, 0.25) is 5.02 Å².